The maximum Gasteiger partial charge on any atom is 0.169 e. The maximum atomic E-state index is 4.37. The lowest BCUT2D eigenvalue weighted by Gasteiger charge is -2.34. The van der Waals surface area contributed by atoms with Crippen molar-refractivity contribution in [3.63, 3.8) is 0 Å². The van der Waals surface area contributed by atoms with Gasteiger partial charge >= 0.3 is 0 Å². The number of tetrazole rings is 1. The van der Waals surface area contributed by atoms with Gasteiger partial charge in [-0.1, -0.05) is 51.1 Å². The monoisotopic (exact) mass is 315 g/mol. The average Bonchev–Trinajstić information content (AvgIpc) is 2.96. The van der Waals surface area contributed by atoms with Crippen molar-refractivity contribution in [1.82, 2.24) is 25.1 Å². The third-order valence-corrected chi connectivity index (χ3v) is 4.05. The molecule has 0 radical (unpaired) electrons. The molecule has 0 aliphatic heterocycles. The number of rotatable bonds is 6. The summed E-state index contributed by atoms with van der Waals surface area (Å²) in [5.41, 5.74) is 1.19. The van der Waals surface area contributed by atoms with E-state index in [9.17, 15) is 0 Å². The first-order valence-corrected chi connectivity index (χ1v) is 8.41. The first-order chi connectivity index (χ1) is 10.8. The van der Waals surface area contributed by atoms with Gasteiger partial charge in [-0.15, -0.1) is 5.10 Å². The lowest BCUT2D eigenvalue weighted by atomic mass is 9.99. The zero-order valence-corrected chi connectivity index (χ0v) is 15.2. The molecular weight excluding hydrogens is 286 g/mol. The molecule has 1 unspecified atom stereocenters. The van der Waals surface area contributed by atoms with E-state index < -0.39 is 0 Å². The molecule has 1 aromatic heterocycles. The van der Waals surface area contributed by atoms with Crippen LogP contribution in [0.4, 0.5) is 0 Å². The number of hydrogen-bond donors (Lipinski definition) is 0. The fourth-order valence-corrected chi connectivity index (χ4v) is 2.96. The fourth-order valence-electron chi connectivity index (χ4n) is 2.96. The summed E-state index contributed by atoms with van der Waals surface area (Å²) in [4.78, 5) is 2.45. The minimum Gasteiger partial charge on any atom is -0.289 e. The Bertz CT molecular complexity index is 597. The van der Waals surface area contributed by atoms with Crippen molar-refractivity contribution in [2.24, 2.45) is 5.92 Å². The molecular formula is C18H29N5. The van der Waals surface area contributed by atoms with Crippen LogP contribution in [-0.2, 0) is 12.1 Å². The van der Waals surface area contributed by atoms with Gasteiger partial charge in [-0.05, 0) is 49.2 Å². The quantitative estimate of drug-likeness (QED) is 0.816. The van der Waals surface area contributed by atoms with Crippen molar-refractivity contribution in [3.8, 4) is 0 Å². The summed E-state index contributed by atoms with van der Waals surface area (Å²) in [6.45, 7) is 14.9. The van der Waals surface area contributed by atoms with Crippen molar-refractivity contribution >= 4 is 0 Å². The van der Waals surface area contributed by atoms with Gasteiger partial charge in [-0.25, -0.2) is 4.68 Å². The van der Waals surface area contributed by atoms with Crippen LogP contribution in [0, 0.1) is 5.92 Å². The summed E-state index contributed by atoms with van der Waals surface area (Å²) in [5, 5.41) is 12.6. The van der Waals surface area contributed by atoms with Gasteiger partial charge in [0.05, 0.1) is 11.6 Å². The van der Waals surface area contributed by atoms with Gasteiger partial charge in [0, 0.05) is 6.54 Å². The highest BCUT2D eigenvalue weighted by Crippen LogP contribution is 2.30. The average molecular weight is 315 g/mol. The predicted molar refractivity (Wildman–Crippen MR) is 92.9 cm³/mol. The van der Waals surface area contributed by atoms with Crippen LogP contribution in [0.3, 0.4) is 0 Å². The Kier molecular flexibility index (Phi) is 5.52. The molecule has 1 heterocycles. The SMILES string of the molecule is CCN(Cc1ccccc1)C(c1nnnn1C(C)(C)C)C(C)C. The number of hydrogen-bond acceptors (Lipinski definition) is 4. The molecule has 2 aromatic rings. The van der Waals surface area contributed by atoms with Gasteiger partial charge in [-0.3, -0.25) is 4.90 Å². The van der Waals surface area contributed by atoms with Crippen LogP contribution < -0.4 is 0 Å². The third-order valence-electron chi connectivity index (χ3n) is 4.05. The summed E-state index contributed by atoms with van der Waals surface area (Å²) in [6, 6.07) is 10.8. The third kappa shape index (κ3) is 4.16. The van der Waals surface area contributed by atoms with E-state index in [4.69, 9.17) is 0 Å². The molecule has 5 nitrogen and oxygen atoms in total. The van der Waals surface area contributed by atoms with Crippen LogP contribution in [0.15, 0.2) is 30.3 Å². The van der Waals surface area contributed by atoms with Gasteiger partial charge < -0.3 is 0 Å². The van der Waals surface area contributed by atoms with Crippen molar-refractivity contribution in [2.45, 2.75) is 59.7 Å². The maximum absolute atomic E-state index is 4.37. The van der Waals surface area contributed by atoms with E-state index in [-0.39, 0.29) is 11.6 Å². The largest absolute Gasteiger partial charge is 0.289 e. The topological polar surface area (TPSA) is 46.8 Å². The van der Waals surface area contributed by atoms with Gasteiger partial charge in [0.1, 0.15) is 0 Å². The lowest BCUT2D eigenvalue weighted by Crippen LogP contribution is -2.36. The van der Waals surface area contributed by atoms with Gasteiger partial charge in [0.25, 0.3) is 0 Å². The fraction of sp³-hybridized carbons (Fsp3) is 0.611. The van der Waals surface area contributed by atoms with Crippen LogP contribution >= 0.6 is 0 Å². The van der Waals surface area contributed by atoms with E-state index in [0.717, 1.165) is 18.9 Å². The molecule has 0 aliphatic rings. The van der Waals surface area contributed by atoms with E-state index in [2.05, 4.69) is 92.3 Å². The van der Waals surface area contributed by atoms with Gasteiger partial charge in [-0.2, -0.15) is 0 Å². The van der Waals surface area contributed by atoms with Crippen molar-refractivity contribution in [3.05, 3.63) is 41.7 Å². The Morgan fingerprint density at radius 1 is 1.13 bits per heavy atom. The van der Waals surface area contributed by atoms with Crippen LogP contribution in [0.5, 0.6) is 0 Å². The molecule has 2 rings (SSSR count). The molecule has 0 spiro atoms. The van der Waals surface area contributed by atoms with E-state index >= 15 is 0 Å². The predicted octanol–water partition coefficient (Wildman–Crippen LogP) is 3.65. The van der Waals surface area contributed by atoms with Crippen LogP contribution in [0.25, 0.3) is 0 Å². The van der Waals surface area contributed by atoms with E-state index in [1.807, 2.05) is 4.68 Å². The second-order valence-corrected chi connectivity index (χ2v) is 7.36. The van der Waals surface area contributed by atoms with E-state index in [0.29, 0.717) is 5.92 Å². The molecule has 1 aromatic carbocycles. The molecule has 0 saturated carbocycles. The zero-order chi connectivity index (χ0) is 17.0. The highest BCUT2D eigenvalue weighted by atomic mass is 15.6. The second kappa shape index (κ2) is 7.21. The molecule has 0 saturated heterocycles. The number of nitrogens with zero attached hydrogens (tertiary/aromatic N) is 5. The molecule has 0 amide bonds. The van der Waals surface area contributed by atoms with Crippen LogP contribution in [0.2, 0.25) is 0 Å². The first-order valence-electron chi connectivity index (χ1n) is 8.41. The Morgan fingerprint density at radius 3 is 2.30 bits per heavy atom. The molecule has 126 valence electrons. The Labute approximate surface area is 139 Å². The Morgan fingerprint density at radius 2 is 1.78 bits per heavy atom. The summed E-state index contributed by atoms with van der Waals surface area (Å²) in [5.74, 6) is 1.37. The van der Waals surface area contributed by atoms with Crippen LogP contribution in [0.1, 0.15) is 59.0 Å². The van der Waals surface area contributed by atoms with Crippen molar-refractivity contribution < 1.29 is 0 Å². The summed E-state index contributed by atoms with van der Waals surface area (Å²) in [6.07, 6.45) is 0. The summed E-state index contributed by atoms with van der Waals surface area (Å²) < 4.78 is 1.96. The Hall–Kier alpha value is -1.75. The number of aromatic nitrogens is 4. The molecule has 0 N–H and O–H groups in total. The molecule has 0 bridgehead atoms. The molecule has 0 aliphatic carbocycles. The van der Waals surface area contributed by atoms with Crippen LogP contribution in [-0.4, -0.2) is 31.7 Å². The minimum atomic E-state index is -0.127. The normalized spacial score (nSPS) is 13.7. The summed E-state index contributed by atoms with van der Waals surface area (Å²) in [7, 11) is 0. The van der Waals surface area contributed by atoms with E-state index in [1.165, 1.54) is 5.56 Å². The highest BCUT2D eigenvalue weighted by molar-refractivity contribution is 5.15. The minimum absolute atomic E-state index is 0.127. The summed E-state index contributed by atoms with van der Waals surface area (Å²) >= 11 is 0. The highest BCUT2D eigenvalue weighted by Gasteiger charge is 2.31. The Balaban J connectivity index is 2.35. The van der Waals surface area contributed by atoms with Gasteiger partial charge in [0.2, 0.25) is 0 Å². The zero-order valence-electron chi connectivity index (χ0n) is 15.2. The molecule has 23 heavy (non-hydrogen) atoms. The van der Waals surface area contributed by atoms with Crippen molar-refractivity contribution in [2.75, 3.05) is 6.54 Å². The second-order valence-electron chi connectivity index (χ2n) is 7.36. The van der Waals surface area contributed by atoms with Crippen molar-refractivity contribution in [1.29, 1.82) is 0 Å². The molecule has 5 heteroatoms. The first kappa shape index (κ1) is 17.6. The standard InChI is InChI=1S/C18H29N5/c1-7-22(13-15-11-9-8-10-12-15)16(14(2)3)17-19-20-21-23(17)18(4,5)6/h8-12,14,16H,7,13H2,1-6H3. The van der Waals surface area contributed by atoms with Gasteiger partial charge in [0.15, 0.2) is 5.82 Å². The van der Waals surface area contributed by atoms with E-state index in [1.54, 1.807) is 0 Å². The number of benzene rings is 1. The molecule has 1 atom stereocenters. The smallest absolute Gasteiger partial charge is 0.169 e. The lowest BCUT2D eigenvalue weighted by molar-refractivity contribution is 0.135. The molecule has 0 fully saturated rings.